The molecule has 1 aromatic rings. The van der Waals surface area contributed by atoms with Crippen molar-refractivity contribution in [1.29, 1.82) is 0 Å². The minimum atomic E-state index is -0.140. The highest BCUT2D eigenvalue weighted by Gasteiger charge is 2.18. The maximum atomic E-state index is 12.4. The number of nitrogens with one attached hydrogen (secondary N) is 1. The third-order valence-electron chi connectivity index (χ3n) is 3.75. The van der Waals surface area contributed by atoms with Crippen molar-refractivity contribution < 1.29 is 14.3 Å². The average Bonchev–Trinajstić information content (AvgIpc) is 2.53. The number of methoxy groups -OCH3 is 2. The van der Waals surface area contributed by atoms with Gasteiger partial charge in [0.1, 0.15) is 17.1 Å². The van der Waals surface area contributed by atoms with E-state index in [0.29, 0.717) is 29.5 Å². The number of unbranched alkanes of at least 4 members (excludes halogenated alkanes) is 1. The van der Waals surface area contributed by atoms with Crippen LogP contribution in [0.1, 0.15) is 49.9 Å². The first-order chi connectivity index (χ1) is 10.2. The van der Waals surface area contributed by atoms with Gasteiger partial charge in [0.2, 0.25) is 0 Å². The smallest absolute Gasteiger partial charge is 0.258 e. The van der Waals surface area contributed by atoms with Crippen molar-refractivity contribution in [2.24, 2.45) is 5.92 Å². The van der Waals surface area contributed by atoms with E-state index in [2.05, 4.69) is 19.2 Å². The molecule has 1 rings (SSSR count). The third-order valence-corrected chi connectivity index (χ3v) is 3.75. The maximum absolute atomic E-state index is 12.4. The van der Waals surface area contributed by atoms with Gasteiger partial charge in [0, 0.05) is 6.54 Å². The topological polar surface area (TPSA) is 47.6 Å². The first-order valence-electron chi connectivity index (χ1n) is 7.67. The van der Waals surface area contributed by atoms with E-state index >= 15 is 0 Å². The molecule has 0 aromatic heterocycles. The number of carbonyl (C=O) groups is 1. The Kier molecular flexibility index (Phi) is 7.65. The number of ether oxygens (including phenoxy) is 2. The van der Waals surface area contributed by atoms with E-state index in [4.69, 9.17) is 9.47 Å². The van der Waals surface area contributed by atoms with Crippen molar-refractivity contribution in [1.82, 2.24) is 5.32 Å². The second-order valence-corrected chi connectivity index (χ2v) is 5.16. The van der Waals surface area contributed by atoms with Crippen LogP contribution < -0.4 is 14.8 Å². The molecule has 0 saturated heterocycles. The highest BCUT2D eigenvalue weighted by molar-refractivity contribution is 5.99. The van der Waals surface area contributed by atoms with Crippen LogP contribution in [0.25, 0.3) is 0 Å². The SMILES string of the molecule is CCCC[C@H](CC)CNC(=O)c1c(OC)cccc1OC. The molecule has 1 amide bonds. The number of carbonyl (C=O) groups excluding carboxylic acids is 1. The highest BCUT2D eigenvalue weighted by atomic mass is 16.5. The fourth-order valence-electron chi connectivity index (χ4n) is 2.34. The number of hydrogen-bond donors (Lipinski definition) is 1. The van der Waals surface area contributed by atoms with Crippen LogP contribution in [0.4, 0.5) is 0 Å². The van der Waals surface area contributed by atoms with Gasteiger partial charge in [-0.05, 0) is 24.5 Å². The molecule has 0 heterocycles. The quantitative estimate of drug-likeness (QED) is 0.756. The van der Waals surface area contributed by atoms with Gasteiger partial charge in [-0.25, -0.2) is 0 Å². The molecule has 0 bridgehead atoms. The second-order valence-electron chi connectivity index (χ2n) is 5.16. The van der Waals surface area contributed by atoms with Crippen LogP contribution >= 0.6 is 0 Å². The van der Waals surface area contributed by atoms with Crippen molar-refractivity contribution in [3.8, 4) is 11.5 Å². The zero-order chi connectivity index (χ0) is 15.7. The summed E-state index contributed by atoms with van der Waals surface area (Å²) in [6.45, 7) is 5.04. The Morgan fingerprint density at radius 3 is 2.29 bits per heavy atom. The Morgan fingerprint density at radius 2 is 1.81 bits per heavy atom. The monoisotopic (exact) mass is 293 g/mol. The highest BCUT2D eigenvalue weighted by Crippen LogP contribution is 2.28. The van der Waals surface area contributed by atoms with E-state index in [1.165, 1.54) is 12.8 Å². The molecule has 4 heteroatoms. The lowest BCUT2D eigenvalue weighted by Gasteiger charge is -2.17. The Morgan fingerprint density at radius 1 is 1.19 bits per heavy atom. The van der Waals surface area contributed by atoms with Gasteiger partial charge in [-0.3, -0.25) is 4.79 Å². The first-order valence-corrected chi connectivity index (χ1v) is 7.67. The van der Waals surface area contributed by atoms with Gasteiger partial charge in [-0.1, -0.05) is 39.2 Å². The normalized spacial score (nSPS) is 11.8. The number of amides is 1. The van der Waals surface area contributed by atoms with Crippen molar-refractivity contribution in [3.05, 3.63) is 23.8 Å². The van der Waals surface area contributed by atoms with E-state index in [-0.39, 0.29) is 5.91 Å². The zero-order valence-corrected chi connectivity index (χ0v) is 13.6. The zero-order valence-electron chi connectivity index (χ0n) is 13.6. The second kappa shape index (κ2) is 9.27. The molecule has 1 atom stereocenters. The van der Waals surface area contributed by atoms with Crippen LogP contribution in [0.5, 0.6) is 11.5 Å². The van der Waals surface area contributed by atoms with E-state index < -0.39 is 0 Å². The summed E-state index contributed by atoms with van der Waals surface area (Å²) in [6.07, 6.45) is 4.61. The van der Waals surface area contributed by atoms with Crippen molar-refractivity contribution in [2.75, 3.05) is 20.8 Å². The number of hydrogen-bond acceptors (Lipinski definition) is 3. The van der Waals surface area contributed by atoms with Crippen LogP contribution in [0.15, 0.2) is 18.2 Å². The molecule has 0 radical (unpaired) electrons. The molecular weight excluding hydrogens is 266 g/mol. The summed E-state index contributed by atoms with van der Waals surface area (Å²) in [5, 5.41) is 3.01. The summed E-state index contributed by atoms with van der Waals surface area (Å²) in [5.74, 6) is 1.45. The van der Waals surface area contributed by atoms with E-state index in [9.17, 15) is 4.79 Å². The predicted octanol–water partition coefficient (Wildman–Crippen LogP) is 3.65. The molecule has 0 saturated carbocycles. The van der Waals surface area contributed by atoms with Gasteiger partial charge in [0.25, 0.3) is 5.91 Å². The van der Waals surface area contributed by atoms with E-state index in [0.717, 1.165) is 12.8 Å². The number of benzene rings is 1. The standard InChI is InChI=1S/C17H27NO3/c1-5-7-9-13(6-2)12-18-17(19)16-14(20-3)10-8-11-15(16)21-4/h8,10-11,13H,5-7,9,12H2,1-4H3,(H,18,19)/t13-/m0/s1. The Bertz CT molecular complexity index is 423. The average molecular weight is 293 g/mol. The Hall–Kier alpha value is -1.71. The van der Waals surface area contributed by atoms with Gasteiger partial charge >= 0.3 is 0 Å². The minimum absolute atomic E-state index is 0.140. The molecular formula is C17H27NO3. The fraction of sp³-hybridized carbons (Fsp3) is 0.588. The number of rotatable bonds is 9. The summed E-state index contributed by atoms with van der Waals surface area (Å²) in [4.78, 5) is 12.4. The van der Waals surface area contributed by atoms with Crippen molar-refractivity contribution >= 4 is 5.91 Å². The summed E-state index contributed by atoms with van der Waals surface area (Å²) in [5.41, 5.74) is 0.466. The third kappa shape index (κ3) is 4.96. The van der Waals surface area contributed by atoms with Crippen LogP contribution in [0.3, 0.4) is 0 Å². The molecule has 0 aliphatic carbocycles. The maximum Gasteiger partial charge on any atom is 0.258 e. The molecule has 0 fully saturated rings. The molecule has 0 aliphatic heterocycles. The molecule has 1 aromatic carbocycles. The van der Waals surface area contributed by atoms with Crippen LogP contribution in [-0.2, 0) is 0 Å². The van der Waals surface area contributed by atoms with Gasteiger partial charge < -0.3 is 14.8 Å². The van der Waals surface area contributed by atoms with E-state index in [1.807, 2.05) is 6.07 Å². The lowest BCUT2D eigenvalue weighted by molar-refractivity contribution is 0.0939. The van der Waals surface area contributed by atoms with Gasteiger partial charge in [-0.2, -0.15) is 0 Å². The predicted molar refractivity (Wildman–Crippen MR) is 85.2 cm³/mol. The molecule has 0 spiro atoms. The van der Waals surface area contributed by atoms with Crippen LogP contribution in [0.2, 0.25) is 0 Å². The summed E-state index contributed by atoms with van der Waals surface area (Å²) in [6, 6.07) is 5.35. The van der Waals surface area contributed by atoms with Crippen LogP contribution in [0, 0.1) is 5.92 Å². The Labute approximate surface area is 127 Å². The van der Waals surface area contributed by atoms with E-state index in [1.54, 1.807) is 26.4 Å². The summed E-state index contributed by atoms with van der Waals surface area (Å²) >= 11 is 0. The van der Waals surface area contributed by atoms with Gasteiger partial charge in [0.15, 0.2) is 0 Å². The van der Waals surface area contributed by atoms with Gasteiger partial charge in [0.05, 0.1) is 14.2 Å². The minimum Gasteiger partial charge on any atom is -0.496 e. The molecule has 118 valence electrons. The van der Waals surface area contributed by atoms with Crippen molar-refractivity contribution in [3.63, 3.8) is 0 Å². The summed E-state index contributed by atoms with van der Waals surface area (Å²) < 4.78 is 10.5. The van der Waals surface area contributed by atoms with Crippen molar-refractivity contribution in [2.45, 2.75) is 39.5 Å². The largest absolute Gasteiger partial charge is 0.496 e. The molecule has 0 unspecified atom stereocenters. The fourth-order valence-corrected chi connectivity index (χ4v) is 2.34. The Balaban J connectivity index is 2.75. The lowest BCUT2D eigenvalue weighted by Crippen LogP contribution is -2.29. The summed E-state index contributed by atoms with van der Waals surface area (Å²) in [7, 11) is 3.11. The molecule has 1 N–H and O–H groups in total. The molecule has 4 nitrogen and oxygen atoms in total. The first kappa shape index (κ1) is 17.3. The molecule has 0 aliphatic rings. The molecule has 21 heavy (non-hydrogen) atoms. The lowest BCUT2D eigenvalue weighted by atomic mass is 9.99. The van der Waals surface area contributed by atoms with Crippen LogP contribution in [-0.4, -0.2) is 26.7 Å². The van der Waals surface area contributed by atoms with Gasteiger partial charge in [-0.15, -0.1) is 0 Å².